The lowest BCUT2D eigenvalue weighted by Crippen LogP contribution is -2.33. The Morgan fingerprint density at radius 2 is 2.00 bits per heavy atom. The molecule has 6 nitrogen and oxygen atoms in total. The molecule has 1 aromatic carbocycles. The van der Waals surface area contributed by atoms with Gasteiger partial charge in [0.15, 0.2) is 0 Å². The number of rotatable bonds is 3. The number of urea groups is 1. The zero-order chi connectivity index (χ0) is 16.9. The first-order valence-electron chi connectivity index (χ1n) is 8.01. The van der Waals surface area contributed by atoms with Crippen molar-refractivity contribution < 1.29 is 4.79 Å². The van der Waals surface area contributed by atoms with Crippen LogP contribution in [0.1, 0.15) is 19.8 Å². The number of anilines is 3. The molecule has 24 heavy (non-hydrogen) atoms. The summed E-state index contributed by atoms with van der Waals surface area (Å²) in [6.07, 6.45) is 3.78. The minimum Gasteiger partial charge on any atom is -0.356 e. The molecule has 0 unspecified atom stereocenters. The van der Waals surface area contributed by atoms with Crippen molar-refractivity contribution in [2.24, 2.45) is 5.92 Å². The fourth-order valence-corrected chi connectivity index (χ4v) is 2.86. The average molecular weight is 346 g/mol. The molecule has 0 spiro atoms. The van der Waals surface area contributed by atoms with Crippen LogP contribution in [0.25, 0.3) is 0 Å². The number of nitrogens with zero attached hydrogens (tertiary/aromatic N) is 3. The number of halogens is 1. The van der Waals surface area contributed by atoms with Crippen molar-refractivity contribution >= 4 is 35.0 Å². The van der Waals surface area contributed by atoms with Gasteiger partial charge in [-0.1, -0.05) is 24.6 Å². The molecule has 1 aliphatic rings. The van der Waals surface area contributed by atoms with Gasteiger partial charge in [0.05, 0.1) is 0 Å². The Morgan fingerprint density at radius 3 is 2.75 bits per heavy atom. The maximum atomic E-state index is 12.1. The van der Waals surface area contributed by atoms with E-state index in [2.05, 4.69) is 32.4 Å². The first-order chi connectivity index (χ1) is 11.6. The van der Waals surface area contributed by atoms with Crippen LogP contribution in [0, 0.1) is 5.92 Å². The molecule has 1 aromatic heterocycles. The molecule has 0 saturated carbocycles. The van der Waals surface area contributed by atoms with E-state index in [0.29, 0.717) is 16.5 Å². The van der Waals surface area contributed by atoms with Crippen molar-refractivity contribution in [3.8, 4) is 0 Å². The molecule has 1 aliphatic heterocycles. The fourth-order valence-electron chi connectivity index (χ4n) is 2.67. The van der Waals surface area contributed by atoms with E-state index in [0.717, 1.165) is 37.7 Å². The predicted octanol–water partition coefficient (Wildman–Crippen LogP) is 4.01. The van der Waals surface area contributed by atoms with Crippen LogP contribution in [0.4, 0.5) is 22.1 Å². The number of carbonyl (C=O) groups is 1. The van der Waals surface area contributed by atoms with Crippen LogP contribution in [0.5, 0.6) is 0 Å². The Kier molecular flexibility index (Phi) is 5.15. The van der Waals surface area contributed by atoms with Crippen molar-refractivity contribution in [3.05, 3.63) is 41.7 Å². The summed E-state index contributed by atoms with van der Waals surface area (Å²) in [7, 11) is 0. The third kappa shape index (κ3) is 4.35. The van der Waals surface area contributed by atoms with Gasteiger partial charge in [-0.25, -0.2) is 14.8 Å². The maximum Gasteiger partial charge on any atom is 0.324 e. The predicted molar refractivity (Wildman–Crippen MR) is 96.7 cm³/mol. The molecule has 2 amide bonds. The van der Waals surface area contributed by atoms with E-state index in [1.54, 1.807) is 30.3 Å². The molecule has 0 atom stereocenters. The van der Waals surface area contributed by atoms with Gasteiger partial charge in [-0.3, -0.25) is 5.32 Å². The van der Waals surface area contributed by atoms with Gasteiger partial charge in [-0.05, 0) is 37.0 Å². The number of piperidine rings is 1. The summed E-state index contributed by atoms with van der Waals surface area (Å²) in [5, 5.41) is 6.02. The second kappa shape index (κ2) is 7.49. The van der Waals surface area contributed by atoms with Crippen LogP contribution in [0.3, 0.4) is 0 Å². The van der Waals surface area contributed by atoms with Crippen LogP contribution in [-0.4, -0.2) is 29.1 Å². The van der Waals surface area contributed by atoms with Gasteiger partial charge in [-0.15, -0.1) is 0 Å². The quantitative estimate of drug-likeness (QED) is 0.881. The van der Waals surface area contributed by atoms with Crippen molar-refractivity contribution in [1.29, 1.82) is 0 Å². The van der Waals surface area contributed by atoms with Gasteiger partial charge in [0, 0.05) is 29.9 Å². The molecule has 7 heteroatoms. The highest BCUT2D eigenvalue weighted by Gasteiger charge is 2.17. The standard InChI is InChI=1S/C17H20ClN5O/c1-12-5-7-23(8-6-12)16-10-15(19-11-20-16)22-17(24)21-14-4-2-3-13(18)9-14/h2-4,9-12H,5-8H2,1H3,(H2,19,20,21,22,24). The maximum absolute atomic E-state index is 12.1. The number of carbonyl (C=O) groups excluding carboxylic acids is 1. The van der Waals surface area contributed by atoms with Crippen LogP contribution in [0.15, 0.2) is 36.7 Å². The molecular weight excluding hydrogens is 326 g/mol. The highest BCUT2D eigenvalue weighted by Crippen LogP contribution is 2.22. The van der Waals surface area contributed by atoms with E-state index < -0.39 is 0 Å². The number of nitrogens with one attached hydrogen (secondary N) is 2. The highest BCUT2D eigenvalue weighted by molar-refractivity contribution is 6.30. The molecule has 2 N–H and O–H groups in total. The van der Waals surface area contributed by atoms with Crippen LogP contribution < -0.4 is 15.5 Å². The SMILES string of the molecule is CC1CCN(c2cc(NC(=O)Nc3cccc(Cl)c3)ncn2)CC1. The lowest BCUT2D eigenvalue weighted by atomic mass is 9.99. The summed E-state index contributed by atoms with van der Waals surface area (Å²) >= 11 is 5.91. The zero-order valence-corrected chi connectivity index (χ0v) is 14.3. The minimum atomic E-state index is -0.366. The van der Waals surface area contributed by atoms with Gasteiger partial charge in [-0.2, -0.15) is 0 Å². The number of benzene rings is 1. The molecule has 2 heterocycles. The number of aromatic nitrogens is 2. The van der Waals surface area contributed by atoms with E-state index in [1.807, 2.05) is 0 Å². The molecule has 1 saturated heterocycles. The third-order valence-electron chi connectivity index (χ3n) is 4.08. The Hall–Kier alpha value is -2.34. The monoisotopic (exact) mass is 345 g/mol. The van der Waals surface area contributed by atoms with Crippen LogP contribution in [-0.2, 0) is 0 Å². The van der Waals surface area contributed by atoms with E-state index in [9.17, 15) is 4.79 Å². The van der Waals surface area contributed by atoms with Gasteiger partial charge in [0.2, 0.25) is 0 Å². The summed E-state index contributed by atoms with van der Waals surface area (Å²) in [5.74, 6) is 2.07. The van der Waals surface area contributed by atoms with Crippen LogP contribution in [0.2, 0.25) is 5.02 Å². The smallest absolute Gasteiger partial charge is 0.324 e. The lowest BCUT2D eigenvalue weighted by Gasteiger charge is -2.31. The zero-order valence-electron chi connectivity index (χ0n) is 13.5. The number of amides is 2. The van der Waals surface area contributed by atoms with Gasteiger partial charge < -0.3 is 10.2 Å². The second-order valence-corrected chi connectivity index (χ2v) is 6.46. The van der Waals surface area contributed by atoms with Crippen LogP contribution >= 0.6 is 11.6 Å². The van der Waals surface area contributed by atoms with Gasteiger partial charge in [0.1, 0.15) is 18.0 Å². The summed E-state index contributed by atoms with van der Waals surface area (Å²) in [6.45, 7) is 4.23. The second-order valence-electron chi connectivity index (χ2n) is 6.02. The highest BCUT2D eigenvalue weighted by atomic mass is 35.5. The number of hydrogen-bond acceptors (Lipinski definition) is 4. The van der Waals surface area contributed by atoms with E-state index in [1.165, 1.54) is 6.33 Å². The van der Waals surface area contributed by atoms with E-state index in [-0.39, 0.29) is 6.03 Å². The van der Waals surface area contributed by atoms with E-state index >= 15 is 0 Å². The Labute approximate surface area is 146 Å². The summed E-state index contributed by atoms with van der Waals surface area (Å²) in [6, 6.07) is 8.41. The minimum absolute atomic E-state index is 0.366. The molecule has 0 bridgehead atoms. The van der Waals surface area contributed by atoms with Crippen molar-refractivity contribution in [2.45, 2.75) is 19.8 Å². The Bertz CT molecular complexity index is 716. The normalized spacial score (nSPS) is 15.2. The number of hydrogen-bond donors (Lipinski definition) is 2. The molecule has 0 aliphatic carbocycles. The van der Waals surface area contributed by atoms with Gasteiger partial charge in [0.25, 0.3) is 0 Å². The lowest BCUT2D eigenvalue weighted by molar-refractivity contribution is 0.262. The third-order valence-corrected chi connectivity index (χ3v) is 4.32. The molecule has 126 valence electrons. The van der Waals surface area contributed by atoms with Crippen molar-refractivity contribution in [1.82, 2.24) is 9.97 Å². The Morgan fingerprint density at radius 1 is 1.21 bits per heavy atom. The molecule has 1 fully saturated rings. The summed E-state index contributed by atoms with van der Waals surface area (Å²) < 4.78 is 0. The molecule has 0 radical (unpaired) electrons. The molecule has 3 rings (SSSR count). The first-order valence-corrected chi connectivity index (χ1v) is 8.38. The van der Waals surface area contributed by atoms with Gasteiger partial charge >= 0.3 is 6.03 Å². The largest absolute Gasteiger partial charge is 0.356 e. The van der Waals surface area contributed by atoms with Crippen molar-refractivity contribution in [2.75, 3.05) is 28.6 Å². The molecular formula is C17H20ClN5O. The summed E-state index contributed by atoms with van der Waals surface area (Å²) in [5.41, 5.74) is 0.624. The van der Waals surface area contributed by atoms with E-state index in [4.69, 9.17) is 11.6 Å². The first kappa shape index (κ1) is 16.5. The topological polar surface area (TPSA) is 70.2 Å². The average Bonchev–Trinajstić information content (AvgIpc) is 2.55. The fraction of sp³-hybridized carbons (Fsp3) is 0.353. The molecule has 2 aromatic rings. The Balaban J connectivity index is 1.63. The summed E-state index contributed by atoms with van der Waals surface area (Å²) in [4.78, 5) is 22.7. The van der Waals surface area contributed by atoms with Crippen molar-refractivity contribution in [3.63, 3.8) is 0 Å².